The molecule has 1 nitrogen and oxygen atoms in total. The molecule has 18 heavy (non-hydrogen) atoms. The SMILES string of the molecule is CC[C@H](C)CCCCC#CCCCCCCCO. The molecule has 0 radical (unpaired) electrons. The third kappa shape index (κ3) is 13.6. The van der Waals surface area contributed by atoms with E-state index in [1.165, 1.54) is 51.4 Å². The van der Waals surface area contributed by atoms with Crippen LogP contribution in [0.2, 0.25) is 0 Å². The molecule has 1 atom stereocenters. The Hall–Kier alpha value is -0.480. The van der Waals surface area contributed by atoms with Gasteiger partial charge in [-0.2, -0.15) is 0 Å². The Labute approximate surface area is 114 Å². The molecule has 0 fully saturated rings. The lowest BCUT2D eigenvalue weighted by molar-refractivity contribution is 0.282. The molecule has 0 aromatic rings. The third-order valence-corrected chi connectivity index (χ3v) is 3.53. The van der Waals surface area contributed by atoms with Crippen LogP contribution in [-0.2, 0) is 0 Å². The van der Waals surface area contributed by atoms with Crippen LogP contribution in [0.15, 0.2) is 0 Å². The minimum absolute atomic E-state index is 0.344. The zero-order valence-corrected chi connectivity index (χ0v) is 12.5. The van der Waals surface area contributed by atoms with Gasteiger partial charge in [0.05, 0.1) is 0 Å². The molecular weight excluding hydrogens is 220 g/mol. The van der Waals surface area contributed by atoms with Crippen molar-refractivity contribution >= 4 is 0 Å². The third-order valence-electron chi connectivity index (χ3n) is 3.53. The monoisotopic (exact) mass is 252 g/mol. The highest BCUT2D eigenvalue weighted by Gasteiger charge is 1.96. The van der Waals surface area contributed by atoms with Crippen LogP contribution in [0.1, 0.15) is 84.5 Å². The van der Waals surface area contributed by atoms with Crippen molar-refractivity contribution in [1.82, 2.24) is 0 Å². The van der Waals surface area contributed by atoms with Gasteiger partial charge in [-0.1, -0.05) is 52.4 Å². The molecular formula is C17H32O. The summed E-state index contributed by atoms with van der Waals surface area (Å²) in [6.45, 7) is 4.95. The Kier molecular flexibility index (Phi) is 14.2. The molecule has 1 heteroatoms. The van der Waals surface area contributed by atoms with Gasteiger partial charge in [0, 0.05) is 19.4 Å². The van der Waals surface area contributed by atoms with Gasteiger partial charge >= 0.3 is 0 Å². The number of hydrogen-bond acceptors (Lipinski definition) is 1. The van der Waals surface area contributed by atoms with Crippen LogP contribution in [0.4, 0.5) is 0 Å². The first kappa shape index (κ1) is 17.5. The Morgan fingerprint density at radius 1 is 0.833 bits per heavy atom. The second-order valence-electron chi connectivity index (χ2n) is 5.35. The molecule has 0 heterocycles. The quantitative estimate of drug-likeness (QED) is 0.408. The van der Waals surface area contributed by atoms with Crippen molar-refractivity contribution in [2.45, 2.75) is 84.5 Å². The van der Waals surface area contributed by atoms with Crippen molar-refractivity contribution in [3.63, 3.8) is 0 Å². The summed E-state index contributed by atoms with van der Waals surface area (Å²) >= 11 is 0. The van der Waals surface area contributed by atoms with Gasteiger partial charge in [-0.25, -0.2) is 0 Å². The van der Waals surface area contributed by atoms with Crippen LogP contribution in [0.25, 0.3) is 0 Å². The van der Waals surface area contributed by atoms with E-state index in [4.69, 9.17) is 5.11 Å². The largest absolute Gasteiger partial charge is 0.396 e. The summed E-state index contributed by atoms with van der Waals surface area (Å²) in [6, 6.07) is 0. The van der Waals surface area contributed by atoms with Crippen LogP contribution in [0, 0.1) is 17.8 Å². The lowest BCUT2D eigenvalue weighted by Crippen LogP contribution is -1.90. The van der Waals surface area contributed by atoms with E-state index in [1.54, 1.807) is 0 Å². The molecule has 0 aliphatic heterocycles. The Morgan fingerprint density at radius 2 is 1.39 bits per heavy atom. The number of hydrogen-bond donors (Lipinski definition) is 1. The van der Waals surface area contributed by atoms with E-state index in [2.05, 4.69) is 25.7 Å². The summed E-state index contributed by atoms with van der Waals surface area (Å²) in [6.07, 6.45) is 13.3. The summed E-state index contributed by atoms with van der Waals surface area (Å²) in [5.74, 6) is 7.45. The van der Waals surface area contributed by atoms with E-state index in [-0.39, 0.29) is 0 Å². The molecule has 0 bridgehead atoms. The van der Waals surface area contributed by atoms with Crippen LogP contribution in [0.5, 0.6) is 0 Å². The van der Waals surface area contributed by atoms with Crippen molar-refractivity contribution < 1.29 is 5.11 Å². The van der Waals surface area contributed by atoms with Crippen molar-refractivity contribution in [3.05, 3.63) is 0 Å². The van der Waals surface area contributed by atoms with E-state index in [1.807, 2.05) is 0 Å². The molecule has 0 aromatic heterocycles. The maximum absolute atomic E-state index is 8.64. The number of aliphatic hydroxyl groups excluding tert-OH is 1. The first-order chi connectivity index (χ1) is 8.81. The Balaban J connectivity index is 3.14. The lowest BCUT2D eigenvalue weighted by atomic mass is 10.0. The maximum atomic E-state index is 8.64. The standard InChI is InChI=1S/C17H32O/c1-3-17(2)15-13-11-9-7-5-4-6-8-10-12-14-16-18/h17-18H,3-4,6,8-16H2,1-2H3/t17-/m0/s1. The summed E-state index contributed by atoms with van der Waals surface area (Å²) in [5, 5.41) is 8.64. The number of aliphatic hydroxyl groups is 1. The highest BCUT2D eigenvalue weighted by Crippen LogP contribution is 2.11. The first-order valence-electron chi connectivity index (χ1n) is 7.87. The predicted molar refractivity (Wildman–Crippen MR) is 80.5 cm³/mol. The van der Waals surface area contributed by atoms with E-state index in [9.17, 15) is 0 Å². The second kappa shape index (κ2) is 14.6. The number of rotatable bonds is 11. The van der Waals surface area contributed by atoms with Gasteiger partial charge in [-0.15, -0.1) is 11.8 Å². The fourth-order valence-corrected chi connectivity index (χ4v) is 1.94. The van der Waals surface area contributed by atoms with Crippen molar-refractivity contribution in [1.29, 1.82) is 0 Å². The lowest BCUT2D eigenvalue weighted by Gasteiger charge is -2.05. The molecule has 0 spiro atoms. The molecule has 1 N–H and O–H groups in total. The topological polar surface area (TPSA) is 20.2 Å². The molecule has 0 amide bonds. The average molecular weight is 252 g/mol. The van der Waals surface area contributed by atoms with Gasteiger partial charge in [-0.3, -0.25) is 0 Å². The van der Waals surface area contributed by atoms with E-state index in [0.29, 0.717) is 6.61 Å². The van der Waals surface area contributed by atoms with E-state index < -0.39 is 0 Å². The zero-order valence-electron chi connectivity index (χ0n) is 12.5. The van der Waals surface area contributed by atoms with Crippen molar-refractivity contribution in [2.24, 2.45) is 5.92 Å². The molecule has 0 aliphatic rings. The second-order valence-corrected chi connectivity index (χ2v) is 5.35. The van der Waals surface area contributed by atoms with E-state index >= 15 is 0 Å². The van der Waals surface area contributed by atoms with Gasteiger partial charge in [0.15, 0.2) is 0 Å². The fraction of sp³-hybridized carbons (Fsp3) is 0.882. The molecule has 0 aromatic carbocycles. The van der Waals surface area contributed by atoms with Crippen LogP contribution < -0.4 is 0 Å². The number of unbranched alkanes of at least 4 members (excludes halogenated alkanes) is 7. The summed E-state index contributed by atoms with van der Waals surface area (Å²) in [4.78, 5) is 0. The van der Waals surface area contributed by atoms with Gasteiger partial charge in [-0.05, 0) is 25.2 Å². The minimum Gasteiger partial charge on any atom is -0.396 e. The summed E-state index contributed by atoms with van der Waals surface area (Å²) in [5.41, 5.74) is 0. The molecule has 106 valence electrons. The van der Waals surface area contributed by atoms with Gasteiger partial charge in [0.25, 0.3) is 0 Å². The van der Waals surface area contributed by atoms with Crippen molar-refractivity contribution in [2.75, 3.05) is 6.61 Å². The molecule has 0 aliphatic carbocycles. The van der Waals surface area contributed by atoms with E-state index in [0.717, 1.165) is 25.2 Å². The fourth-order valence-electron chi connectivity index (χ4n) is 1.94. The normalized spacial score (nSPS) is 11.9. The van der Waals surface area contributed by atoms with Gasteiger partial charge < -0.3 is 5.11 Å². The Morgan fingerprint density at radius 3 is 2.00 bits per heavy atom. The molecule has 0 unspecified atom stereocenters. The van der Waals surface area contributed by atoms with Gasteiger partial charge in [0.1, 0.15) is 0 Å². The first-order valence-corrected chi connectivity index (χ1v) is 7.87. The van der Waals surface area contributed by atoms with Gasteiger partial charge in [0.2, 0.25) is 0 Å². The zero-order chi connectivity index (χ0) is 13.5. The average Bonchev–Trinajstić information content (AvgIpc) is 2.39. The molecule has 0 saturated carbocycles. The van der Waals surface area contributed by atoms with Crippen LogP contribution in [0.3, 0.4) is 0 Å². The summed E-state index contributed by atoms with van der Waals surface area (Å²) in [7, 11) is 0. The summed E-state index contributed by atoms with van der Waals surface area (Å²) < 4.78 is 0. The smallest absolute Gasteiger partial charge is 0.0431 e. The van der Waals surface area contributed by atoms with Crippen LogP contribution in [-0.4, -0.2) is 11.7 Å². The minimum atomic E-state index is 0.344. The predicted octanol–water partition coefficient (Wildman–Crippen LogP) is 4.93. The van der Waals surface area contributed by atoms with Crippen LogP contribution >= 0.6 is 0 Å². The highest BCUT2D eigenvalue weighted by atomic mass is 16.2. The van der Waals surface area contributed by atoms with Crippen molar-refractivity contribution in [3.8, 4) is 11.8 Å². The maximum Gasteiger partial charge on any atom is 0.0431 e. The Bertz CT molecular complexity index is 211. The molecule has 0 rings (SSSR count). The highest BCUT2D eigenvalue weighted by molar-refractivity contribution is 4.98. The molecule has 0 saturated heterocycles.